The monoisotopic (exact) mass is 287 g/mol. The molecule has 21 heavy (non-hydrogen) atoms. The van der Waals surface area contributed by atoms with Crippen LogP contribution in [0.1, 0.15) is 46.4 Å². The van der Waals surface area contributed by atoms with Gasteiger partial charge in [-0.2, -0.15) is 5.10 Å². The van der Waals surface area contributed by atoms with Gasteiger partial charge in [-0.05, 0) is 46.8 Å². The third-order valence-electron chi connectivity index (χ3n) is 3.22. The van der Waals surface area contributed by atoms with Gasteiger partial charge in [0, 0.05) is 17.9 Å². The molecule has 1 amide bonds. The Bertz CT molecular complexity index is 642. The number of amides is 1. The molecule has 2 rings (SSSR count). The molecule has 6 heteroatoms. The fourth-order valence-corrected chi connectivity index (χ4v) is 2.34. The molecule has 0 aromatic carbocycles. The van der Waals surface area contributed by atoms with Crippen LogP contribution in [0.5, 0.6) is 0 Å². The lowest BCUT2D eigenvalue weighted by atomic mass is 10.3. The summed E-state index contributed by atoms with van der Waals surface area (Å²) < 4.78 is 1.92. The van der Waals surface area contributed by atoms with Crippen LogP contribution in [0.25, 0.3) is 0 Å². The van der Waals surface area contributed by atoms with Crippen molar-refractivity contribution in [3.8, 4) is 0 Å². The van der Waals surface area contributed by atoms with Gasteiger partial charge in [0.25, 0.3) is 5.91 Å². The third-order valence-corrected chi connectivity index (χ3v) is 3.22. The Hall–Kier alpha value is -2.24. The van der Waals surface area contributed by atoms with Crippen molar-refractivity contribution in [3.63, 3.8) is 0 Å². The molecule has 2 heterocycles. The first-order valence-corrected chi connectivity index (χ1v) is 7.00. The van der Waals surface area contributed by atoms with Crippen LogP contribution in [0, 0.1) is 27.7 Å². The van der Waals surface area contributed by atoms with Crippen molar-refractivity contribution >= 4 is 5.91 Å². The second-order valence-corrected chi connectivity index (χ2v) is 5.37. The average molecular weight is 287 g/mol. The van der Waals surface area contributed by atoms with Gasteiger partial charge in [0.2, 0.25) is 0 Å². The molecule has 0 aliphatic heterocycles. The van der Waals surface area contributed by atoms with Crippen LogP contribution in [0.3, 0.4) is 0 Å². The number of rotatable bonds is 4. The third kappa shape index (κ3) is 3.65. The summed E-state index contributed by atoms with van der Waals surface area (Å²) in [5.74, 6) is 0.420. The summed E-state index contributed by atoms with van der Waals surface area (Å²) in [6.07, 6.45) is 0. The predicted octanol–water partition coefficient (Wildman–Crippen LogP) is 1.90. The Morgan fingerprint density at radius 3 is 2.48 bits per heavy atom. The molecule has 0 radical (unpaired) electrons. The fourth-order valence-electron chi connectivity index (χ4n) is 2.34. The summed E-state index contributed by atoms with van der Waals surface area (Å²) in [6.45, 7) is 10.1. The molecule has 0 fully saturated rings. The second-order valence-electron chi connectivity index (χ2n) is 5.37. The maximum Gasteiger partial charge on any atom is 0.270 e. The van der Waals surface area contributed by atoms with Gasteiger partial charge >= 0.3 is 0 Å². The van der Waals surface area contributed by atoms with E-state index >= 15 is 0 Å². The van der Waals surface area contributed by atoms with E-state index in [9.17, 15) is 4.79 Å². The number of carbonyl (C=O) groups is 1. The minimum absolute atomic E-state index is 0.0895. The van der Waals surface area contributed by atoms with Crippen LogP contribution in [-0.2, 0) is 0 Å². The standard InChI is InChI=1S/C15H21N5O/c1-9-7-14(18-13(5)17-9)15(21)16-8-12(4)20-11(3)6-10(2)19-20/h6-7,12H,8H2,1-5H3,(H,16,21). The number of nitrogens with one attached hydrogen (secondary N) is 1. The highest BCUT2D eigenvalue weighted by Gasteiger charge is 2.13. The smallest absolute Gasteiger partial charge is 0.270 e. The van der Waals surface area contributed by atoms with Crippen LogP contribution in [0.4, 0.5) is 0 Å². The van der Waals surface area contributed by atoms with Crippen molar-refractivity contribution in [1.82, 2.24) is 25.1 Å². The van der Waals surface area contributed by atoms with Crippen LogP contribution < -0.4 is 5.32 Å². The van der Waals surface area contributed by atoms with Crippen LogP contribution in [0.2, 0.25) is 0 Å². The highest BCUT2D eigenvalue weighted by atomic mass is 16.1. The SMILES string of the molecule is Cc1cc(C(=O)NCC(C)n2nc(C)cc2C)nc(C)n1. The largest absolute Gasteiger partial charge is 0.349 e. The molecule has 112 valence electrons. The minimum Gasteiger partial charge on any atom is -0.349 e. The Balaban J connectivity index is 2.02. The molecule has 0 spiro atoms. The van der Waals surface area contributed by atoms with E-state index in [0.717, 1.165) is 17.1 Å². The van der Waals surface area contributed by atoms with Crippen molar-refractivity contribution in [2.45, 2.75) is 40.7 Å². The van der Waals surface area contributed by atoms with Crippen molar-refractivity contribution in [3.05, 3.63) is 40.7 Å². The molecule has 0 saturated carbocycles. The lowest BCUT2D eigenvalue weighted by Crippen LogP contribution is -2.31. The fraction of sp³-hybridized carbons (Fsp3) is 0.467. The van der Waals surface area contributed by atoms with Crippen molar-refractivity contribution in [2.75, 3.05) is 6.54 Å². The maximum atomic E-state index is 12.1. The highest BCUT2D eigenvalue weighted by Crippen LogP contribution is 2.10. The number of aryl methyl sites for hydroxylation is 4. The van der Waals surface area contributed by atoms with Crippen LogP contribution >= 0.6 is 0 Å². The number of nitrogens with zero attached hydrogens (tertiary/aromatic N) is 4. The molecule has 6 nitrogen and oxygen atoms in total. The van der Waals surface area contributed by atoms with Gasteiger partial charge < -0.3 is 5.32 Å². The zero-order chi connectivity index (χ0) is 15.6. The Labute approximate surface area is 124 Å². The van der Waals surface area contributed by atoms with E-state index < -0.39 is 0 Å². The van der Waals surface area contributed by atoms with E-state index in [-0.39, 0.29) is 11.9 Å². The molecule has 0 aliphatic carbocycles. The first kappa shape index (κ1) is 15.2. The molecular formula is C15H21N5O. The normalized spacial score (nSPS) is 12.2. The number of aromatic nitrogens is 4. The molecule has 2 aromatic rings. The van der Waals surface area contributed by atoms with Crippen molar-refractivity contribution in [2.24, 2.45) is 0 Å². The lowest BCUT2D eigenvalue weighted by Gasteiger charge is -2.15. The summed E-state index contributed by atoms with van der Waals surface area (Å²) >= 11 is 0. The topological polar surface area (TPSA) is 72.7 Å². The predicted molar refractivity (Wildman–Crippen MR) is 80.3 cm³/mol. The summed E-state index contributed by atoms with van der Waals surface area (Å²) in [7, 11) is 0. The van der Waals surface area contributed by atoms with E-state index in [1.54, 1.807) is 13.0 Å². The summed E-state index contributed by atoms with van der Waals surface area (Å²) in [5.41, 5.74) is 3.26. The van der Waals surface area contributed by atoms with E-state index in [0.29, 0.717) is 18.1 Å². The number of hydrogen-bond acceptors (Lipinski definition) is 4. The summed E-state index contributed by atoms with van der Waals surface area (Å²) in [5, 5.41) is 7.33. The molecule has 1 unspecified atom stereocenters. The van der Waals surface area contributed by atoms with E-state index in [2.05, 4.69) is 20.4 Å². The molecule has 0 aliphatic rings. The number of hydrogen-bond donors (Lipinski definition) is 1. The van der Waals surface area contributed by atoms with Gasteiger partial charge in [-0.1, -0.05) is 0 Å². The number of carbonyl (C=O) groups excluding carboxylic acids is 1. The minimum atomic E-state index is -0.183. The van der Waals surface area contributed by atoms with Gasteiger partial charge in [0.05, 0.1) is 11.7 Å². The van der Waals surface area contributed by atoms with Crippen molar-refractivity contribution in [1.29, 1.82) is 0 Å². The molecular weight excluding hydrogens is 266 g/mol. The zero-order valence-corrected chi connectivity index (χ0v) is 13.1. The Morgan fingerprint density at radius 1 is 1.19 bits per heavy atom. The van der Waals surface area contributed by atoms with Gasteiger partial charge in [-0.15, -0.1) is 0 Å². The van der Waals surface area contributed by atoms with E-state index in [1.807, 2.05) is 38.4 Å². The summed E-state index contributed by atoms with van der Waals surface area (Å²) in [4.78, 5) is 20.5. The van der Waals surface area contributed by atoms with Crippen LogP contribution in [0.15, 0.2) is 12.1 Å². The quantitative estimate of drug-likeness (QED) is 0.932. The Morgan fingerprint density at radius 2 is 1.90 bits per heavy atom. The average Bonchev–Trinajstić information content (AvgIpc) is 2.73. The van der Waals surface area contributed by atoms with Crippen LogP contribution in [-0.4, -0.2) is 32.2 Å². The van der Waals surface area contributed by atoms with Gasteiger partial charge in [0.1, 0.15) is 11.5 Å². The highest BCUT2D eigenvalue weighted by molar-refractivity contribution is 5.92. The first-order valence-electron chi connectivity index (χ1n) is 7.00. The van der Waals surface area contributed by atoms with Gasteiger partial charge in [0.15, 0.2) is 0 Å². The van der Waals surface area contributed by atoms with Crippen molar-refractivity contribution < 1.29 is 4.79 Å². The zero-order valence-electron chi connectivity index (χ0n) is 13.1. The maximum absolute atomic E-state index is 12.1. The molecule has 1 atom stereocenters. The lowest BCUT2D eigenvalue weighted by molar-refractivity contribution is 0.0942. The van der Waals surface area contributed by atoms with Gasteiger partial charge in [-0.25, -0.2) is 9.97 Å². The molecule has 2 aromatic heterocycles. The van der Waals surface area contributed by atoms with Gasteiger partial charge in [-0.3, -0.25) is 9.48 Å². The molecule has 1 N–H and O–H groups in total. The Kier molecular flexibility index (Phi) is 4.35. The molecule has 0 saturated heterocycles. The second kappa shape index (κ2) is 6.03. The van der Waals surface area contributed by atoms with E-state index in [1.165, 1.54) is 0 Å². The summed E-state index contributed by atoms with van der Waals surface area (Å²) in [6, 6.07) is 3.80. The first-order chi connectivity index (χ1) is 9.86. The molecule has 0 bridgehead atoms. The van der Waals surface area contributed by atoms with E-state index in [4.69, 9.17) is 0 Å².